The largest absolute Gasteiger partial charge is 0.341 e. The highest BCUT2D eigenvalue weighted by Crippen LogP contribution is 2.24. The fourth-order valence-corrected chi connectivity index (χ4v) is 1.53. The Kier molecular flexibility index (Phi) is 2.69. The van der Waals surface area contributed by atoms with Crippen molar-refractivity contribution in [3.8, 4) is 0 Å². The van der Waals surface area contributed by atoms with Crippen molar-refractivity contribution in [3.05, 3.63) is 42.1 Å². The Hall–Kier alpha value is -1.77. The Morgan fingerprint density at radius 2 is 1.75 bits per heavy atom. The van der Waals surface area contributed by atoms with Crippen molar-refractivity contribution in [3.63, 3.8) is 0 Å². The van der Waals surface area contributed by atoms with Crippen molar-refractivity contribution in [1.82, 2.24) is 10.2 Å². The van der Waals surface area contributed by atoms with Crippen LogP contribution in [0.4, 0.5) is 11.5 Å². The van der Waals surface area contributed by atoms with Crippen LogP contribution in [-0.2, 0) is 5.41 Å². The van der Waals surface area contributed by atoms with Gasteiger partial charge in [0.05, 0.1) is 6.20 Å². The second kappa shape index (κ2) is 4.00. The van der Waals surface area contributed by atoms with Crippen LogP contribution in [0.3, 0.4) is 0 Å². The predicted octanol–water partition coefficient (Wildman–Crippen LogP) is 3.45. The fraction of sp³-hybridized carbons (Fsp3) is 0.308. The van der Waals surface area contributed by atoms with Crippen LogP contribution in [0.2, 0.25) is 0 Å². The molecule has 1 aromatic heterocycles. The van der Waals surface area contributed by atoms with Crippen molar-refractivity contribution in [2.45, 2.75) is 26.2 Å². The SMILES string of the molecule is CC(C)(C)c1ccc(Nc2ccn[nH]2)cc1. The third kappa shape index (κ3) is 2.42. The predicted molar refractivity (Wildman–Crippen MR) is 67.0 cm³/mol. The minimum atomic E-state index is 0.201. The van der Waals surface area contributed by atoms with Gasteiger partial charge in [0.25, 0.3) is 0 Å². The molecule has 2 N–H and O–H groups in total. The maximum Gasteiger partial charge on any atom is 0.125 e. The van der Waals surface area contributed by atoms with Crippen molar-refractivity contribution in [2.75, 3.05) is 5.32 Å². The smallest absolute Gasteiger partial charge is 0.125 e. The van der Waals surface area contributed by atoms with Gasteiger partial charge in [-0.2, -0.15) is 5.10 Å². The Balaban J connectivity index is 2.14. The summed E-state index contributed by atoms with van der Waals surface area (Å²) in [6.45, 7) is 6.64. The number of hydrogen-bond donors (Lipinski definition) is 2. The lowest BCUT2D eigenvalue weighted by Crippen LogP contribution is -2.10. The summed E-state index contributed by atoms with van der Waals surface area (Å²) < 4.78 is 0. The maximum absolute atomic E-state index is 3.89. The van der Waals surface area contributed by atoms with Gasteiger partial charge in [0.2, 0.25) is 0 Å². The standard InChI is InChI=1S/C13H17N3/c1-13(2,3)10-4-6-11(7-5-10)15-12-8-9-14-16-12/h4-9H,1-3H3,(H2,14,15,16). The van der Waals surface area contributed by atoms with E-state index in [9.17, 15) is 0 Å². The molecule has 0 unspecified atom stereocenters. The zero-order valence-corrected chi connectivity index (χ0v) is 9.91. The van der Waals surface area contributed by atoms with E-state index in [1.54, 1.807) is 6.20 Å². The third-order valence-corrected chi connectivity index (χ3v) is 2.53. The van der Waals surface area contributed by atoms with E-state index in [1.807, 2.05) is 6.07 Å². The van der Waals surface area contributed by atoms with Crippen LogP contribution in [0, 0.1) is 0 Å². The third-order valence-electron chi connectivity index (χ3n) is 2.53. The number of aromatic amines is 1. The molecule has 0 fully saturated rings. The highest BCUT2D eigenvalue weighted by atomic mass is 15.2. The first kappa shape index (κ1) is 10.7. The lowest BCUT2D eigenvalue weighted by Gasteiger charge is -2.19. The average Bonchev–Trinajstić information content (AvgIpc) is 2.70. The Bertz CT molecular complexity index is 435. The van der Waals surface area contributed by atoms with Gasteiger partial charge in [-0.25, -0.2) is 0 Å². The van der Waals surface area contributed by atoms with Crippen LogP contribution >= 0.6 is 0 Å². The molecule has 2 rings (SSSR count). The highest BCUT2D eigenvalue weighted by Gasteiger charge is 2.12. The van der Waals surface area contributed by atoms with Gasteiger partial charge in [-0.05, 0) is 23.1 Å². The molecular formula is C13H17N3. The number of hydrogen-bond acceptors (Lipinski definition) is 2. The van der Waals surface area contributed by atoms with Crippen LogP contribution in [0.1, 0.15) is 26.3 Å². The first-order valence-corrected chi connectivity index (χ1v) is 5.43. The Labute approximate surface area is 95.9 Å². The van der Waals surface area contributed by atoms with Crippen LogP contribution < -0.4 is 5.32 Å². The van der Waals surface area contributed by atoms with E-state index in [1.165, 1.54) is 5.56 Å². The second-order valence-electron chi connectivity index (χ2n) is 4.92. The van der Waals surface area contributed by atoms with Gasteiger partial charge >= 0.3 is 0 Å². The number of nitrogens with one attached hydrogen (secondary N) is 2. The van der Waals surface area contributed by atoms with E-state index < -0.39 is 0 Å². The van der Waals surface area contributed by atoms with Gasteiger partial charge in [-0.15, -0.1) is 0 Å². The van der Waals surface area contributed by atoms with Crippen molar-refractivity contribution < 1.29 is 0 Å². The van der Waals surface area contributed by atoms with Crippen LogP contribution in [-0.4, -0.2) is 10.2 Å². The molecule has 3 heteroatoms. The van der Waals surface area contributed by atoms with E-state index in [4.69, 9.17) is 0 Å². The number of aromatic nitrogens is 2. The van der Waals surface area contributed by atoms with Crippen LogP contribution in [0.25, 0.3) is 0 Å². The van der Waals surface area contributed by atoms with Crippen molar-refractivity contribution >= 4 is 11.5 Å². The first-order valence-electron chi connectivity index (χ1n) is 5.43. The van der Waals surface area contributed by atoms with E-state index in [0.717, 1.165) is 11.5 Å². The van der Waals surface area contributed by atoms with Gasteiger partial charge in [0.1, 0.15) is 5.82 Å². The monoisotopic (exact) mass is 215 g/mol. The summed E-state index contributed by atoms with van der Waals surface area (Å²) in [6, 6.07) is 10.4. The molecular weight excluding hydrogens is 198 g/mol. The lowest BCUT2D eigenvalue weighted by atomic mass is 9.87. The van der Waals surface area contributed by atoms with Gasteiger partial charge < -0.3 is 5.32 Å². The molecule has 0 saturated heterocycles. The maximum atomic E-state index is 3.89. The highest BCUT2D eigenvalue weighted by molar-refractivity contribution is 5.56. The summed E-state index contributed by atoms with van der Waals surface area (Å²) >= 11 is 0. The summed E-state index contributed by atoms with van der Waals surface area (Å²) in [5.74, 6) is 0.906. The summed E-state index contributed by atoms with van der Waals surface area (Å²) in [4.78, 5) is 0. The molecule has 0 aliphatic rings. The summed E-state index contributed by atoms with van der Waals surface area (Å²) in [5.41, 5.74) is 2.60. The molecule has 0 aliphatic heterocycles. The Morgan fingerprint density at radius 1 is 1.06 bits per heavy atom. The molecule has 0 atom stereocenters. The van der Waals surface area contributed by atoms with Gasteiger partial charge in [0, 0.05) is 11.8 Å². The number of rotatable bonds is 2. The topological polar surface area (TPSA) is 40.7 Å². The molecule has 84 valence electrons. The average molecular weight is 215 g/mol. The summed E-state index contributed by atoms with van der Waals surface area (Å²) in [6.07, 6.45) is 1.73. The molecule has 1 heterocycles. The number of H-pyrrole nitrogens is 1. The molecule has 0 aliphatic carbocycles. The second-order valence-corrected chi connectivity index (χ2v) is 4.92. The molecule has 0 saturated carbocycles. The van der Waals surface area contributed by atoms with E-state index in [-0.39, 0.29) is 5.41 Å². The zero-order chi connectivity index (χ0) is 11.6. The zero-order valence-electron chi connectivity index (χ0n) is 9.91. The molecule has 3 nitrogen and oxygen atoms in total. The number of nitrogens with zero attached hydrogens (tertiary/aromatic N) is 1. The van der Waals surface area contributed by atoms with Crippen molar-refractivity contribution in [2.24, 2.45) is 0 Å². The first-order chi connectivity index (χ1) is 7.55. The van der Waals surface area contributed by atoms with Gasteiger partial charge in [-0.3, -0.25) is 5.10 Å². The van der Waals surface area contributed by atoms with Gasteiger partial charge in [-0.1, -0.05) is 32.9 Å². The fourth-order valence-electron chi connectivity index (χ4n) is 1.53. The van der Waals surface area contributed by atoms with Crippen LogP contribution in [0.15, 0.2) is 36.5 Å². The van der Waals surface area contributed by atoms with E-state index in [2.05, 4.69) is 60.6 Å². The molecule has 0 amide bonds. The molecule has 2 aromatic rings. The quantitative estimate of drug-likeness (QED) is 0.805. The lowest BCUT2D eigenvalue weighted by molar-refractivity contribution is 0.590. The molecule has 0 bridgehead atoms. The molecule has 0 radical (unpaired) electrons. The minimum absolute atomic E-state index is 0.201. The van der Waals surface area contributed by atoms with Gasteiger partial charge in [0.15, 0.2) is 0 Å². The van der Waals surface area contributed by atoms with Crippen LogP contribution in [0.5, 0.6) is 0 Å². The van der Waals surface area contributed by atoms with E-state index >= 15 is 0 Å². The summed E-state index contributed by atoms with van der Waals surface area (Å²) in [5, 5.41) is 10.0. The summed E-state index contributed by atoms with van der Waals surface area (Å²) in [7, 11) is 0. The minimum Gasteiger partial charge on any atom is -0.341 e. The molecule has 1 aromatic carbocycles. The Morgan fingerprint density at radius 3 is 2.25 bits per heavy atom. The van der Waals surface area contributed by atoms with E-state index in [0.29, 0.717) is 0 Å². The van der Waals surface area contributed by atoms with Crippen molar-refractivity contribution in [1.29, 1.82) is 0 Å². The normalized spacial score (nSPS) is 11.4. The molecule has 16 heavy (non-hydrogen) atoms. The number of anilines is 2. The molecule has 0 spiro atoms. The number of benzene rings is 1.